The molecule has 0 saturated heterocycles. The fraction of sp³-hybridized carbons (Fsp3) is 0.412. The second-order valence-corrected chi connectivity index (χ2v) is 7.81. The van der Waals surface area contributed by atoms with Crippen LogP contribution < -0.4 is 10.1 Å². The molecule has 0 fully saturated rings. The van der Waals surface area contributed by atoms with E-state index in [0.29, 0.717) is 6.04 Å². The molecule has 21 heavy (non-hydrogen) atoms. The first-order valence-corrected chi connectivity index (χ1v) is 8.93. The molecule has 2 nitrogen and oxygen atoms in total. The second kappa shape index (κ2) is 7.97. The summed E-state index contributed by atoms with van der Waals surface area (Å²) < 4.78 is 6.99. The van der Waals surface area contributed by atoms with Crippen LogP contribution in [0.15, 0.2) is 40.2 Å². The number of hydrogen-bond acceptors (Lipinski definition) is 3. The largest absolute Gasteiger partial charge is 0.491 e. The lowest BCUT2D eigenvalue weighted by Gasteiger charge is -2.19. The third-order valence-electron chi connectivity index (χ3n) is 3.12. The van der Waals surface area contributed by atoms with Crippen molar-refractivity contribution in [3.05, 3.63) is 50.6 Å². The first-order chi connectivity index (χ1) is 10.1. The molecular weight excluding hydrogens is 346 g/mol. The summed E-state index contributed by atoms with van der Waals surface area (Å²) in [6, 6.07) is 13.0. The Hall–Kier alpha value is -0.840. The molecule has 0 radical (unpaired) electrons. The summed E-state index contributed by atoms with van der Waals surface area (Å²) in [6.45, 7) is 7.20. The van der Waals surface area contributed by atoms with Gasteiger partial charge in [-0.3, -0.25) is 0 Å². The first kappa shape index (κ1) is 16.5. The molecule has 2 rings (SSSR count). The van der Waals surface area contributed by atoms with Crippen molar-refractivity contribution in [2.45, 2.75) is 39.3 Å². The minimum atomic E-state index is 0.200. The summed E-state index contributed by atoms with van der Waals surface area (Å²) in [4.78, 5) is 1.38. The Labute approximate surface area is 139 Å². The first-order valence-electron chi connectivity index (χ1n) is 7.32. The Morgan fingerprint density at radius 1 is 1.24 bits per heavy atom. The number of rotatable bonds is 7. The van der Waals surface area contributed by atoms with Crippen molar-refractivity contribution < 1.29 is 4.74 Å². The lowest BCUT2D eigenvalue weighted by Crippen LogP contribution is -2.22. The van der Waals surface area contributed by atoms with Gasteiger partial charge in [0.15, 0.2) is 0 Å². The number of hydrogen-bond donors (Lipinski definition) is 1. The maximum atomic E-state index is 5.80. The number of thiophene rings is 1. The van der Waals surface area contributed by atoms with Crippen molar-refractivity contribution in [1.29, 1.82) is 0 Å². The second-order valence-electron chi connectivity index (χ2n) is 5.26. The van der Waals surface area contributed by atoms with Gasteiger partial charge in [-0.05, 0) is 66.2 Å². The molecule has 4 heteroatoms. The highest BCUT2D eigenvalue weighted by Crippen LogP contribution is 2.28. The Morgan fingerprint density at radius 3 is 2.67 bits per heavy atom. The molecule has 0 spiro atoms. The van der Waals surface area contributed by atoms with E-state index in [4.69, 9.17) is 4.74 Å². The van der Waals surface area contributed by atoms with E-state index >= 15 is 0 Å². The number of ether oxygens (including phenoxy) is 1. The summed E-state index contributed by atoms with van der Waals surface area (Å²) >= 11 is 5.33. The number of likely N-dealkylation sites (N-methyl/N-ethyl adjacent to an activating group) is 1. The maximum Gasteiger partial charge on any atom is 0.120 e. The van der Waals surface area contributed by atoms with Gasteiger partial charge in [-0.1, -0.05) is 19.1 Å². The molecule has 0 saturated carbocycles. The van der Waals surface area contributed by atoms with Crippen LogP contribution in [0.3, 0.4) is 0 Å². The van der Waals surface area contributed by atoms with E-state index in [1.807, 2.05) is 6.07 Å². The van der Waals surface area contributed by atoms with Gasteiger partial charge in [0.2, 0.25) is 0 Å². The Bertz CT molecular complexity index is 567. The summed E-state index contributed by atoms with van der Waals surface area (Å²) in [6.07, 6.45) is 1.20. The van der Waals surface area contributed by atoms with E-state index in [1.165, 1.54) is 14.2 Å². The summed E-state index contributed by atoms with van der Waals surface area (Å²) in [7, 11) is 0. The summed E-state index contributed by atoms with van der Waals surface area (Å²) in [5, 5.41) is 3.57. The molecule has 1 aromatic carbocycles. The van der Waals surface area contributed by atoms with Gasteiger partial charge < -0.3 is 10.1 Å². The average molecular weight is 368 g/mol. The molecule has 1 atom stereocenters. The molecule has 1 heterocycles. The van der Waals surface area contributed by atoms with Gasteiger partial charge in [0.25, 0.3) is 0 Å². The number of nitrogens with one attached hydrogen (secondary N) is 1. The van der Waals surface area contributed by atoms with Gasteiger partial charge in [0.05, 0.1) is 9.89 Å². The molecule has 1 N–H and O–H groups in total. The molecular formula is C17H22BrNOS. The van der Waals surface area contributed by atoms with Crippen LogP contribution in [-0.4, -0.2) is 12.6 Å². The lowest BCUT2D eigenvalue weighted by molar-refractivity contribution is 0.242. The van der Waals surface area contributed by atoms with Crippen molar-refractivity contribution in [3.63, 3.8) is 0 Å². The lowest BCUT2D eigenvalue weighted by atomic mass is 10.0. The number of benzene rings is 1. The molecule has 114 valence electrons. The zero-order chi connectivity index (χ0) is 15.2. The van der Waals surface area contributed by atoms with Crippen molar-refractivity contribution in [2.75, 3.05) is 6.54 Å². The molecule has 2 aromatic rings. The minimum absolute atomic E-state index is 0.200. The molecule has 0 aliphatic heterocycles. The van der Waals surface area contributed by atoms with E-state index in [0.717, 1.165) is 18.7 Å². The molecule has 1 aromatic heterocycles. The van der Waals surface area contributed by atoms with Crippen molar-refractivity contribution in [2.24, 2.45) is 0 Å². The van der Waals surface area contributed by atoms with Gasteiger partial charge in [0, 0.05) is 17.3 Å². The highest BCUT2D eigenvalue weighted by atomic mass is 79.9. The predicted molar refractivity (Wildman–Crippen MR) is 94.3 cm³/mol. The highest BCUT2D eigenvalue weighted by Gasteiger charge is 2.13. The summed E-state index contributed by atoms with van der Waals surface area (Å²) in [5.74, 6) is 0.942. The van der Waals surface area contributed by atoms with Crippen LogP contribution in [-0.2, 0) is 6.42 Å². The average Bonchev–Trinajstić information content (AvgIpc) is 2.83. The van der Waals surface area contributed by atoms with Crippen LogP contribution >= 0.6 is 27.3 Å². The molecule has 0 amide bonds. The van der Waals surface area contributed by atoms with E-state index in [9.17, 15) is 0 Å². The Morgan fingerprint density at radius 2 is 2.05 bits per heavy atom. The van der Waals surface area contributed by atoms with Gasteiger partial charge >= 0.3 is 0 Å². The minimum Gasteiger partial charge on any atom is -0.491 e. The topological polar surface area (TPSA) is 21.3 Å². The molecule has 0 aliphatic rings. The van der Waals surface area contributed by atoms with Crippen LogP contribution in [0.1, 0.15) is 37.3 Å². The van der Waals surface area contributed by atoms with Crippen molar-refractivity contribution in [3.8, 4) is 5.75 Å². The molecule has 0 bridgehead atoms. The fourth-order valence-corrected chi connectivity index (χ4v) is 3.82. The van der Waals surface area contributed by atoms with Crippen LogP contribution in [0.2, 0.25) is 0 Å². The highest BCUT2D eigenvalue weighted by molar-refractivity contribution is 9.11. The predicted octanol–water partition coefficient (Wildman–Crippen LogP) is 5.19. The SMILES string of the molecule is CCNC(Cc1ccc(Br)s1)c1cccc(OC(C)C)c1. The smallest absolute Gasteiger partial charge is 0.120 e. The summed E-state index contributed by atoms with van der Waals surface area (Å²) in [5.41, 5.74) is 1.28. The van der Waals surface area contributed by atoms with Gasteiger partial charge in [0.1, 0.15) is 5.75 Å². The van der Waals surface area contributed by atoms with Crippen LogP contribution in [0.25, 0.3) is 0 Å². The van der Waals surface area contributed by atoms with E-state index < -0.39 is 0 Å². The van der Waals surface area contributed by atoms with E-state index in [-0.39, 0.29) is 6.10 Å². The monoisotopic (exact) mass is 367 g/mol. The van der Waals surface area contributed by atoms with Gasteiger partial charge in [-0.25, -0.2) is 0 Å². The van der Waals surface area contributed by atoms with Gasteiger partial charge in [-0.15, -0.1) is 11.3 Å². The maximum absolute atomic E-state index is 5.80. The third kappa shape index (κ3) is 5.13. The van der Waals surface area contributed by atoms with Crippen molar-refractivity contribution >= 4 is 27.3 Å². The molecule has 1 unspecified atom stereocenters. The zero-order valence-corrected chi connectivity index (χ0v) is 15.1. The van der Waals surface area contributed by atoms with Gasteiger partial charge in [-0.2, -0.15) is 0 Å². The Balaban J connectivity index is 2.17. The van der Waals surface area contributed by atoms with Crippen LogP contribution in [0, 0.1) is 0 Å². The third-order valence-corrected chi connectivity index (χ3v) is 4.76. The van der Waals surface area contributed by atoms with E-state index in [2.05, 4.69) is 72.3 Å². The fourth-order valence-electron chi connectivity index (χ4n) is 2.29. The van der Waals surface area contributed by atoms with Crippen molar-refractivity contribution in [1.82, 2.24) is 5.32 Å². The Kier molecular flexibility index (Phi) is 6.27. The quantitative estimate of drug-likeness (QED) is 0.726. The van der Waals surface area contributed by atoms with Crippen LogP contribution in [0.5, 0.6) is 5.75 Å². The van der Waals surface area contributed by atoms with Crippen LogP contribution in [0.4, 0.5) is 0 Å². The number of halogens is 1. The zero-order valence-electron chi connectivity index (χ0n) is 12.7. The standard InChI is InChI=1S/C17H22BrNOS/c1-4-19-16(11-15-8-9-17(18)21-15)13-6-5-7-14(10-13)20-12(2)3/h5-10,12,16,19H,4,11H2,1-3H3. The normalized spacial score (nSPS) is 12.6. The van der Waals surface area contributed by atoms with E-state index in [1.54, 1.807) is 11.3 Å². The molecule has 0 aliphatic carbocycles.